The molecule has 18 heavy (non-hydrogen) atoms. The first kappa shape index (κ1) is 13.4. The van der Waals surface area contributed by atoms with Gasteiger partial charge in [-0.05, 0) is 18.4 Å². The molecule has 1 amide bonds. The van der Waals surface area contributed by atoms with Gasteiger partial charge in [0, 0.05) is 0 Å². The lowest BCUT2D eigenvalue weighted by Gasteiger charge is -1.94. The highest BCUT2D eigenvalue weighted by atomic mass is 32.2. The Hall–Kier alpha value is -1.03. The third-order valence-electron chi connectivity index (χ3n) is 1.92. The van der Waals surface area contributed by atoms with E-state index in [1.807, 2.05) is 11.7 Å². The molecule has 2 aromatic heterocycles. The van der Waals surface area contributed by atoms with E-state index in [0.717, 1.165) is 8.68 Å². The fraction of sp³-hybridized carbons (Fsp3) is 0.222. The number of nitrogens with zero attached hydrogens (tertiary/aromatic N) is 2. The van der Waals surface area contributed by atoms with Crippen LogP contribution >= 0.6 is 34.9 Å². The average Bonchev–Trinajstić information content (AvgIpc) is 3.04. The van der Waals surface area contributed by atoms with Crippen LogP contribution in [0, 0.1) is 0 Å². The zero-order chi connectivity index (χ0) is 13.0. The number of nitrogens with one attached hydrogen (secondary N) is 1. The molecule has 0 saturated carbocycles. The van der Waals surface area contributed by atoms with E-state index in [4.69, 9.17) is 10.3 Å². The van der Waals surface area contributed by atoms with Gasteiger partial charge in [-0.15, -0.1) is 10.2 Å². The van der Waals surface area contributed by atoms with Crippen molar-refractivity contribution in [3.05, 3.63) is 23.7 Å². The van der Waals surface area contributed by atoms with E-state index in [2.05, 4.69) is 10.2 Å². The van der Waals surface area contributed by atoms with E-state index in [9.17, 15) is 4.79 Å². The number of carbonyl (C=O) groups excluding carboxylic acids is 1. The Kier molecular flexibility index (Phi) is 4.64. The number of carbonyl (C=O) groups is 1. The Morgan fingerprint density at radius 3 is 2.94 bits per heavy atom. The van der Waals surface area contributed by atoms with Gasteiger partial charge in [-0.3, -0.25) is 10.2 Å². The number of hydrogen-bond acceptors (Lipinski definition) is 8. The van der Waals surface area contributed by atoms with Crippen molar-refractivity contribution in [1.29, 1.82) is 0 Å². The summed E-state index contributed by atoms with van der Waals surface area (Å²) in [6.07, 6.45) is 1.96. The first-order valence-corrected chi connectivity index (χ1v) is 7.85. The number of nitrogens with two attached hydrogens (primary N) is 1. The first-order valence-electron chi connectivity index (χ1n) is 4.83. The van der Waals surface area contributed by atoms with Gasteiger partial charge in [0.1, 0.15) is 5.76 Å². The fourth-order valence-corrected chi connectivity index (χ4v) is 3.45. The van der Waals surface area contributed by atoms with Crippen LogP contribution in [-0.4, -0.2) is 22.4 Å². The molecule has 0 aliphatic rings. The molecule has 0 aliphatic heterocycles. The van der Waals surface area contributed by atoms with E-state index >= 15 is 0 Å². The quantitative estimate of drug-likeness (QED) is 0.376. The lowest BCUT2D eigenvalue weighted by molar-refractivity contribution is 0.0924. The predicted molar refractivity (Wildman–Crippen MR) is 71.6 cm³/mol. The van der Waals surface area contributed by atoms with E-state index < -0.39 is 5.91 Å². The lowest BCUT2D eigenvalue weighted by atomic mass is 10.4. The van der Waals surface area contributed by atoms with Crippen LogP contribution in [0.4, 0.5) is 0 Å². The van der Waals surface area contributed by atoms with Gasteiger partial charge < -0.3 is 4.42 Å². The molecule has 2 aromatic rings. The maximum atomic E-state index is 11.2. The topological polar surface area (TPSA) is 94.0 Å². The highest BCUT2D eigenvalue weighted by Gasteiger charge is 2.10. The number of amides is 1. The van der Waals surface area contributed by atoms with Crippen LogP contribution in [0.25, 0.3) is 0 Å². The molecule has 6 nitrogen and oxygen atoms in total. The molecule has 0 atom stereocenters. The van der Waals surface area contributed by atoms with Gasteiger partial charge in [0.15, 0.2) is 14.4 Å². The summed E-state index contributed by atoms with van der Waals surface area (Å²) in [4.78, 5) is 11.2. The van der Waals surface area contributed by atoms with Crippen LogP contribution in [0.5, 0.6) is 0 Å². The summed E-state index contributed by atoms with van der Waals surface area (Å²) in [6, 6.07) is 3.33. The number of nitrogen functional groups attached to an aromatic ring is 1. The van der Waals surface area contributed by atoms with Crippen molar-refractivity contribution in [3.8, 4) is 0 Å². The summed E-state index contributed by atoms with van der Waals surface area (Å²) in [6.45, 7) is 0. The monoisotopic (exact) mass is 302 g/mol. The van der Waals surface area contributed by atoms with Crippen molar-refractivity contribution >= 4 is 40.8 Å². The minimum atomic E-state index is -0.438. The van der Waals surface area contributed by atoms with E-state index in [1.165, 1.54) is 23.1 Å². The summed E-state index contributed by atoms with van der Waals surface area (Å²) < 4.78 is 7.14. The van der Waals surface area contributed by atoms with Gasteiger partial charge in [0.2, 0.25) is 0 Å². The third-order valence-corrected chi connectivity index (χ3v) is 4.97. The zero-order valence-corrected chi connectivity index (χ0v) is 11.8. The second-order valence-electron chi connectivity index (χ2n) is 3.07. The second-order valence-corrected chi connectivity index (χ2v) is 6.32. The van der Waals surface area contributed by atoms with E-state index in [0.29, 0.717) is 11.5 Å². The van der Waals surface area contributed by atoms with Crippen molar-refractivity contribution in [2.24, 2.45) is 5.84 Å². The third kappa shape index (κ3) is 3.25. The fourth-order valence-electron chi connectivity index (χ4n) is 1.12. The minimum absolute atomic E-state index is 0.204. The zero-order valence-electron chi connectivity index (χ0n) is 9.37. The summed E-state index contributed by atoms with van der Waals surface area (Å²) in [5.74, 6) is 6.07. The van der Waals surface area contributed by atoms with Crippen molar-refractivity contribution in [2.45, 2.75) is 14.4 Å². The minimum Gasteiger partial charge on any atom is -0.455 e. The Bertz CT molecular complexity index is 539. The van der Waals surface area contributed by atoms with Gasteiger partial charge >= 0.3 is 5.91 Å². The van der Waals surface area contributed by atoms with Crippen LogP contribution in [0.1, 0.15) is 16.3 Å². The van der Waals surface area contributed by atoms with Gasteiger partial charge in [0.25, 0.3) is 0 Å². The SMILES string of the molecule is CSc1nnc(SCc2ccc(C(=O)NN)o2)s1. The Morgan fingerprint density at radius 1 is 1.50 bits per heavy atom. The number of aromatic nitrogens is 2. The largest absolute Gasteiger partial charge is 0.455 e. The van der Waals surface area contributed by atoms with E-state index in [1.54, 1.807) is 23.9 Å². The number of hydrogen-bond donors (Lipinski definition) is 2. The van der Waals surface area contributed by atoms with Crippen LogP contribution < -0.4 is 11.3 Å². The molecule has 9 heteroatoms. The van der Waals surface area contributed by atoms with Crippen LogP contribution in [0.15, 0.2) is 25.2 Å². The lowest BCUT2D eigenvalue weighted by Crippen LogP contribution is -2.29. The Morgan fingerprint density at radius 2 is 2.28 bits per heavy atom. The van der Waals surface area contributed by atoms with Gasteiger partial charge in [-0.25, -0.2) is 5.84 Å². The summed E-state index contributed by atoms with van der Waals surface area (Å²) >= 11 is 4.61. The van der Waals surface area contributed by atoms with Crippen LogP contribution in [-0.2, 0) is 5.75 Å². The van der Waals surface area contributed by atoms with Gasteiger partial charge in [-0.1, -0.05) is 34.9 Å². The smallest absolute Gasteiger partial charge is 0.300 e. The molecule has 0 aliphatic carbocycles. The van der Waals surface area contributed by atoms with Crippen LogP contribution in [0.2, 0.25) is 0 Å². The number of hydrazine groups is 1. The summed E-state index contributed by atoms with van der Waals surface area (Å²) in [7, 11) is 0. The predicted octanol–water partition coefficient (Wildman–Crippen LogP) is 1.75. The molecule has 96 valence electrons. The second kappa shape index (κ2) is 6.23. The number of furan rings is 1. The van der Waals surface area contributed by atoms with Crippen molar-refractivity contribution < 1.29 is 9.21 Å². The number of thioether (sulfide) groups is 2. The standard InChI is InChI=1S/C9H10N4O2S3/c1-16-8-12-13-9(18-8)17-4-5-2-3-6(15-5)7(14)11-10/h2-3H,4,10H2,1H3,(H,11,14). The average molecular weight is 302 g/mol. The van der Waals surface area contributed by atoms with Crippen molar-refractivity contribution in [2.75, 3.05) is 6.26 Å². The molecule has 0 unspecified atom stereocenters. The molecule has 2 heterocycles. The highest BCUT2D eigenvalue weighted by molar-refractivity contribution is 8.02. The Balaban J connectivity index is 1.93. The molecule has 0 radical (unpaired) electrons. The van der Waals surface area contributed by atoms with Crippen molar-refractivity contribution in [3.63, 3.8) is 0 Å². The molecule has 2 rings (SSSR count). The van der Waals surface area contributed by atoms with Gasteiger partial charge in [0.05, 0.1) is 5.75 Å². The molecule has 0 spiro atoms. The molecule has 3 N–H and O–H groups in total. The highest BCUT2D eigenvalue weighted by Crippen LogP contribution is 2.29. The molecule has 0 saturated heterocycles. The van der Waals surface area contributed by atoms with E-state index in [-0.39, 0.29) is 5.76 Å². The maximum Gasteiger partial charge on any atom is 0.300 e. The summed E-state index contributed by atoms with van der Waals surface area (Å²) in [5.41, 5.74) is 2.02. The number of rotatable bonds is 5. The van der Waals surface area contributed by atoms with Crippen molar-refractivity contribution in [1.82, 2.24) is 15.6 Å². The molecular weight excluding hydrogens is 292 g/mol. The molecule has 0 fully saturated rings. The molecule has 0 bridgehead atoms. The maximum absolute atomic E-state index is 11.2. The normalized spacial score (nSPS) is 10.6. The van der Waals surface area contributed by atoms with Gasteiger partial charge in [-0.2, -0.15) is 0 Å². The molecular formula is C9H10N4O2S3. The summed E-state index contributed by atoms with van der Waals surface area (Å²) in [5, 5.41) is 8.02. The first-order chi connectivity index (χ1) is 8.72. The Labute approximate surface area is 116 Å². The van der Waals surface area contributed by atoms with Crippen LogP contribution in [0.3, 0.4) is 0 Å². The molecule has 0 aromatic carbocycles.